The molecule has 3 nitrogen and oxygen atoms in total. The highest BCUT2D eigenvalue weighted by Gasteiger charge is 2.04. The Morgan fingerprint density at radius 3 is 2.88 bits per heavy atom. The van der Waals surface area contributed by atoms with Crippen LogP contribution in [0.15, 0.2) is 22.5 Å². The SMILES string of the molecule is Nc1nnc(SCc2ccc(Cl)c(F)c2)s1. The lowest BCUT2D eigenvalue weighted by Crippen LogP contribution is -1.84. The number of hydrogen-bond acceptors (Lipinski definition) is 5. The fraction of sp³-hybridized carbons (Fsp3) is 0.111. The van der Waals surface area contributed by atoms with Gasteiger partial charge in [-0.3, -0.25) is 0 Å². The molecule has 16 heavy (non-hydrogen) atoms. The van der Waals surface area contributed by atoms with Gasteiger partial charge in [0.15, 0.2) is 4.34 Å². The molecular formula is C9H7ClFN3S2. The summed E-state index contributed by atoms with van der Waals surface area (Å²) in [6.07, 6.45) is 0. The Morgan fingerprint density at radius 2 is 2.25 bits per heavy atom. The van der Waals surface area contributed by atoms with E-state index in [1.165, 1.54) is 29.2 Å². The van der Waals surface area contributed by atoms with Crippen LogP contribution in [0.2, 0.25) is 5.02 Å². The average molecular weight is 276 g/mol. The Labute approximate surface area is 105 Å². The third kappa shape index (κ3) is 2.84. The van der Waals surface area contributed by atoms with E-state index in [-0.39, 0.29) is 5.02 Å². The Hall–Kier alpha value is -0.850. The molecule has 2 rings (SSSR count). The predicted octanol–water partition coefficient (Wildman–Crippen LogP) is 3.21. The highest BCUT2D eigenvalue weighted by Crippen LogP contribution is 2.27. The second kappa shape index (κ2) is 4.99. The largest absolute Gasteiger partial charge is 0.374 e. The first-order valence-corrected chi connectivity index (χ1v) is 6.49. The minimum Gasteiger partial charge on any atom is -0.374 e. The van der Waals surface area contributed by atoms with Crippen molar-refractivity contribution in [1.29, 1.82) is 0 Å². The molecule has 0 unspecified atom stereocenters. The standard InChI is InChI=1S/C9H7ClFN3S2/c10-6-2-1-5(3-7(6)11)4-15-9-14-13-8(12)16-9/h1-3H,4H2,(H2,12,13). The maximum Gasteiger partial charge on any atom is 0.203 e. The lowest BCUT2D eigenvalue weighted by atomic mass is 10.2. The lowest BCUT2D eigenvalue weighted by Gasteiger charge is -2.00. The molecule has 0 aliphatic rings. The summed E-state index contributed by atoms with van der Waals surface area (Å²) in [5.74, 6) is 0.208. The van der Waals surface area contributed by atoms with Gasteiger partial charge in [0, 0.05) is 5.75 Å². The van der Waals surface area contributed by atoms with Gasteiger partial charge in [-0.15, -0.1) is 10.2 Å². The summed E-state index contributed by atoms with van der Waals surface area (Å²) < 4.78 is 13.9. The molecule has 0 aliphatic heterocycles. The number of nitrogens with two attached hydrogens (primary N) is 1. The fourth-order valence-electron chi connectivity index (χ4n) is 1.05. The van der Waals surface area contributed by atoms with Gasteiger partial charge in [0.2, 0.25) is 5.13 Å². The van der Waals surface area contributed by atoms with Crippen molar-refractivity contribution in [2.75, 3.05) is 5.73 Å². The van der Waals surface area contributed by atoms with Gasteiger partial charge >= 0.3 is 0 Å². The monoisotopic (exact) mass is 275 g/mol. The number of halogens is 2. The van der Waals surface area contributed by atoms with Crippen LogP contribution in [-0.2, 0) is 5.75 Å². The number of hydrogen-bond donors (Lipinski definition) is 1. The van der Waals surface area contributed by atoms with Crippen LogP contribution in [0, 0.1) is 5.82 Å². The van der Waals surface area contributed by atoms with Gasteiger partial charge in [-0.1, -0.05) is 40.8 Å². The van der Waals surface area contributed by atoms with Gasteiger partial charge in [-0.2, -0.15) is 0 Å². The summed E-state index contributed by atoms with van der Waals surface area (Å²) in [6.45, 7) is 0. The minimum atomic E-state index is -0.406. The summed E-state index contributed by atoms with van der Waals surface area (Å²) >= 11 is 8.36. The molecule has 2 N–H and O–H groups in total. The van der Waals surface area contributed by atoms with E-state index in [9.17, 15) is 4.39 Å². The molecule has 2 aromatic rings. The van der Waals surface area contributed by atoms with E-state index in [0.717, 1.165) is 9.90 Å². The average Bonchev–Trinajstić information content (AvgIpc) is 2.66. The van der Waals surface area contributed by atoms with Crippen LogP contribution in [0.3, 0.4) is 0 Å². The van der Waals surface area contributed by atoms with Crippen LogP contribution < -0.4 is 5.73 Å². The van der Waals surface area contributed by atoms with Crippen molar-refractivity contribution in [2.24, 2.45) is 0 Å². The Bertz CT molecular complexity index is 503. The molecule has 1 aromatic carbocycles. The van der Waals surface area contributed by atoms with Gasteiger partial charge in [0.25, 0.3) is 0 Å². The normalized spacial score (nSPS) is 10.6. The molecule has 0 spiro atoms. The Balaban J connectivity index is 2.02. The van der Waals surface area contributed by atoms with E-state index in [4.69, 9.17) is 17.3 Å². The second-order valence-electron chi connectivity index (χ2n) is 2.94. The number of nitrogens with zero attached hydrogens (tertiary/aromatic N) is 2. The number of benzene rings is 1. The molecule has 1 aromatic heterocycles. The van der Waals surface area contributed by atoms with E-state index in [2.05, 4.69) is 10.2 Å². The molecule has 0 fully saturated rings. The van der Waals surface area contributed by atoms with Crippen LogP contribution in [-0.4, -0.2) is 10.2 Å². The van der Waals surface area contributed by atoms with Crippen molar-refractivity contribution >= 4 is 39.8 Å². The number of aromatic nitrogens is 2. The molecule has 0 saturated carbocycles. The van der Waals surface area contributed by atoms with Crippen molar-refractivity contribution < 1.29 is 4.39 Å². The zero-order valence-corrected chi connectivity index (χ0v) is 10.4. The molecule has 0 atom stereocenters. The van der Waals surface area contributed by atoms with Gasteiger partial charge < -0.3 is 5.73 Å². The van der Waals surface area contributed by atoms with Crippen LogP contribution >= 0.6 is 34.7 Å². The minimum absolute atomic E-state index is 0.133. The first kappa shape index (κ1) is 11.6. The van der Waals surface area contributed by atoms with E-state index in [0.29, 0.717) is 10.9 Å². The molecule has 1 heterocycles. The van der Waals surface area contributed by atoms with Crippen molar-refractivity contribution in [3.63, 3.8) is 0 Å². The number of nitrogen functional groups attached to an aromatic ring is 1. The second-order valence-corrected chi connectivity index (χ2v) is 5.58. The molecule has 0 bridgehead atoms. The maximum absolute atomic E-state index is 13.1. The zero-order valence-electron chi connectivity index (χ0n) is 7.98. The molecule has 0 radical (unpaired) electrons. The zero-order chi connectivity index (χ0) is 11.5. The Kier molecular flexibility index (Phi) is 3.63. The lowest BCUT2D eigenvalue weighted by molar-refractivity contribution is 0.627. The summed E-state index contributed by atoms with van der Waals surface area (Å²) in [4.78, 5) is 0. The van der Waals surface area contributed by atoms with Crippen LogP contribution in [0.5, 0.6) is 0 Å². The van der Waals surface area contributed by atoms with Crippen molar-refractivity contribution in [2.45, 2.75) is 10.1 Å². The first-order chi connectivity index (χ1) is 7.65. The van der Waals surface area contributed by atoms with Crippen LogP contribution in [0.4, 0.5) is 9.52 Å². The van der Waals surface area contributed by atoms with Crippen molar-refractivity contribution in [1.82, 2.24) is 10.2 Å². The summed E-state index contributed by atoms with van der Waals surface area (Å²) in [5.41, 5.74) is 6.29. The topological polar surface area (TPSA) is 51.8 Å². The van der Waals surface area contributed by atoms with E-state index < -0.39 is 5.82 Å². The molecule has 0 amide bonds. The number of thioether (sulfide) groups is 1. The van der Waals surface area contributed by atoms with E-state index in [1.54, 1.807) is 12.1 Å². The molecule has 0 saturated heterocycles. The molecular weight excluding hydrogens is 269 g/mol. The van der Waals surface area contributed by atoms with Gasteiger partial charge in [-0.05, 0) is 17.7 Å². The molecule has 0 aliphatic carbocycles. The molecule has 7 heteroatoms. The third-order valence-corrected chi connectivity index (χ3v) is 4.03. The number of rotatable bonds is 3. The van der Waals surface area contributed by atoms with E-state index in [1.807, 2.05) is 0 Å². The van der Waals surface area contributed by atoms with Crippen LogP contribution in [0.1, 0.15) is 5.56 Å². The van der Waals surface area contributed by atoms with Crippen molar-refractivity contribution in [3.05, 3.63) is 34.6 Å². The Morgan fingerprint density at radius 1 is 1.44 bits per heavy atom. The predicted molar refractivity (Wildman–Crippen MR) is 65.3 cm³/mol. The van der Waals surface area contributed by atoms with E-state index >= 15 is 0 Å². The third-order valence-electron chi connectivity index (χ3n) is 1.77. The van der Waals surface area contributed by atoms with Crippen molar-refractivity contribution in [3.8, 4) is 0 Å². The fourth-order valence-corrected chi connectivity index (χ4v) is 2.75. The first-order valence-electron chi connectivity index (χ1n) is 4.31. The summed E-state index contributed by atoms with van der Waals surface area (Å²) in [5, 5.41) is 8.12. The maximum atomic E-state index is 13.1. The number of anilines is 1. The highest BCUT2D eigenvalue weighted by molar-refractivity contribution is 8.00. The highest BCUT2D eigenvalue weighted by atomic mass is 35.5. The smallest absolute Gasteiger partial charge is 0.203 e. The summed E-state index contributed by atoms with van der Waals surface area (Å²) in [6, 6.07) is 4.74. The quantitative estimate of drug-likeness (QED) is 0.874. The van der Waals surface area contributed by atoms with Gasteiger partial charge in [0.1, 0.15) is 5.82 Å². The van der Waals surface area contributed by atoms with Gasteiger partial charge in [-0.25, -0.2) is 4.39 Å². The summed E-state index contributed by atoms with van der Waals surface area (Å²) in [7, 11) is 0. The van der Waals surface area contributed by atoms with Crippen LogP contribution in [0.25, 0.3) is 0 Å². The van der Waals surface area contributed by atoms with Gasteiger partial charge in [0.05, 0.1) is 5.02 Å². The molecule has 84 valence electrons.